The molecule has 2 N–H and O–H groups in total. The van der Waals surface area contributed by atoms with Crippen molar-refractivity contribution >= 4 is 32.9 Å². The molecule has 1 saturated heterocycles. The molecule has 0 atom stereocenters. The molecule has 10 nitrogen and oxygen atoms in total. The van der Waals surface area contributed by atoms with E-state index in [-0.39, 0.29) is 22.0 Å². The van der Waals surface area contributed by atoms with Crippen molar-refractivity contribution in [2.45, 2.75) is 30.7 Å². The average Bonchev–Trinajstić information content (AvgIpc) is 2.88. The van der Waals surface area contributed by atoms with Gasteiger partial charge in [0.1, 0.15) is 16.5 Å². The maximum Gasteiger partial charge on any atom is 0.270 e. The SMILES string of the molecule is COc1ccccc1NS(=O)(=O)c1cc([N+](=O)[O-])ccc1NCc1ccnc(N2CCCCC2)c1. The van der Waals surface area contributed by atoms with Crippen molar-refractivity contribution in [2.75, 3.05) is 35.1 Å². The first-order valence-electron chi connectivity index (χ1n) is 11.3. The zero-order valence-electron chi connectivity index (χ0n) is 19.3. The lowest BCUT2D eigenvalue weighted by Gasteiger charge is -2.28. The van der Waals surface area contributed by atoms with E-state index >= 15 is 0 Å². The van der Waals surface area contributed by atoms with Crippen molar-refractivity contribution in [1.82, 2.24) is 4.98 Å². The third-order valence-corrected chi connectivity index (χ3v) is 7.20. The van der Waals surface area contributed by atoms with Crippen LogP contribution in [0.15, 0.2) is 65.7 Å². The lowest BCUT2D eigenvalue weighted by Crippen LogP contribution is -2.30. The highest BCUT2D eigenvalue weighted by atomic mass is 32.2. The monoisotopic (exact) mass is 497 g/mol. The largest absolute Gasteiger partial charge is 0.495 e. The summed E-state index contributed by atoms with van der Waals surface area (Å²) >= 11 is 0. The second-order valence-electron chi connectivity index (χ2n) is 8.17. The molecule has 3 aromatic rings. The van der Waals surface area contributed by atoms with Crippen LogP contribution >= 0.6 is 0 Å². The minimum atomic E-state index is -4.18. The van der Waals surface area contributed by atoms with Crippen LogP contribution in [0, 0.1) is 10.1 Å². The standard InChI is InChI=1S/C24H27N5O5S/c1-34-22-8-4-3-7-20(22)27-35(32,33)23-16-19(29(30)31)9-10-21(23)26-17-18-11-12-25-24(15-18)28-13-5-2-6-14-28/h3-4,7-12,15-16,26-27H,2,5-6,13-14,17H2,1H3. The normalized spacial score (nSPS) is 13.8. The van der Waals surface area contributed by atoms with Gasteiger partial charge in [0.25, 0.3) is 15.7 Å². The number of hydrogen-bond acceptors (Lipinski definition) is 8. The first-order valence-corrected chi connectivity index (χ1v) is 12.7. The van der Waals surface area contributed by atoms with Gasteiger partial charge < -0.3 is 15.0 Å². The summed E-state index contributed by atoms with van der Waals surface area (Å²) in [5.41, 5.74) is 1.06. The summed E-state index contributed by atoms with van der Waals surface area (Å²) in [6.45, 7) is 2.24. The Bertz CT molecular complexity index is 1310. The van der Waals surface area contributed by atoms with Crippen LogP contribution in [0.1, 0.15) is 24.8 Å². The second kappa shape index (κ2) is 10.6. The van der Waals surface area contributed by atoms with Crippen LogP contribution in [0.5, 0.6) is 5.75 Å². The molecule has 1 fully saturated rings. The van der Waals surface area contributed by atoms with Crippen molar-refractivity contribution < 1.29 is 18.1 Å². The molecule has 0 bridgehead atoms. The number of nitrogens with one attached hydrogen (secondary N) is 2. The van der Waals surface area contributed by atoms with Crippen LogP contribution in [0.4, 0.5) is 22.9 Å². The van der Waals surface area contributed by atoms with Gasteiger partial charge in [0.05, 0.1) is 23.4 Å². The van der Waals surface area contributed by atoms with Crippen molar-refractivity contribution in [2.24, 2.45) is 0 Å². The Balaban J connectivity index is 1.60. The highest BCUT2D eigenvalue weighted by molar-refractivity contribution is 7.93. The van der Waals surface area contributed by atoms with Crippen LogP contribution in [-0.4, -0.2) is 38.5 Å². The lowest BCUT2D eigenvalue weighted by molar-refractivity contribution is -0.385. The van der Waals surface area contributed by atoms with Gasteiger partial charge in [-0.1, -0.05) is 12.1 Å². The summed E-state index contributed by atoms with van der Waals surface area (Å²) in [7, 11) is -2.75. The molecule has 11 heteroatoms. The molecular weight excluding hydrogens is 470 g/mol. The van der Waals surface area contributed by atoms with Crippen molar-refractivity contribution in [1.29, 1.82) is 0 Å². The molecule has 0 radical (unpaired) electrons. The van der Waals surface area contributed by atoms with Gasteiger partial charge in [0, 0.05) is 38.0 Å². The molecular formula is C24H27N5O5S. The summed E-state index contributed by atoms with van der Waals surface area (Å²) < 4.78 is 34.3. The van der Waals surface area contributed by atoms with Crippen LogP contribution in [0.2, 0.25) is 0 Å². The Morgan fingerprint density at radius 3 is 2.57 bits per heavy atom. The second-order valence-corrected chi connectivity index (χ2v) is 9.82. The number of sulfonamides is 1. The maximum absolute atomic E-state index is 13.3. The molecule has 35 heavy (non-hydrogen) atoms. The van der Waals surface area contributed by atoms with Crippen molar-refractivity contribution in [3.63, 3.8) is 0 Å². The van der Waals surface area contributed by atoms with Crippen LogP contribution in [0.25, 0.3) is 0 Å². The number of nitro benzene ring substituents is 1. The third-order valence-electron chi connectivity index (χ3n) is 5.79. The van der Waals surface area contributed by atoms with Crippen LogP contribution in [0.3, 0.4) is 0 Å². The van der Waals surface area contributed by atoms with Gasteiger partial charge in [-0.25, -0.2) is 13.4 Å². The van der Waals surface area contributed by atoms with Gasteiger partial charge >= 0.3 is 0 Å². The molecule has 0 unspecified atom stereocenters. The molecule has 0 aliphatic carbocycles. The number of ether oxygens (including phenoxy) is 1. The molecule has 2 aromatic carbocycles. The summed E-state index contributed by atoms with van der Waals surface area (Å²) in [6.07, 6.45) is 5.22. The number of pyridine rings is 1. The van der Waals surface area contributed by atoms with E-state index in [1.54, 1.807) is 30.5 Å². The van der Waals surface area contributed by atoms with E-state index in [9.17, 15) is 18.5 Å². The van der Waals surface area contributed by atoms with Gasteiger partial charge in [0.15, 0.2) is 0 Å². The van der Waals surface area contributed by atoms with Crippen molar-refractivity contribution in [3.05, 3.63) is 76.5 Å². The Morgan fingerprint density at radius 1 is 1.06 bits per heavy atom. The van der Waals surface area contributed by atoms with Crippen LogP contribution < -0.4 is 19.7 Å². The third kappa shape index (κ3) is 5.80. The maximum atomic E-state index is 13.3. The Morgan fingerprint density at radius 2 is 1.83 bits per heavy atom. The number of anilines is 3. The number of methoxy groups -OCH3 is 1. The van der Waals surface area contributed by atoms with E-state index in [1.807, 2.05) is 12.1 Å². The number of hydrogen-bond donors (Lipinski definition) is 2. The molecule has 1 aliphatic rings. The number of non-ortho nitro benzene ring substituents is 1. The number of benzene rings is 2. The predicted molar refractivity (Wildman–Crippen MR) is 135 cm³/mol. The van der Waals surface area contributed by atoms with E-state index in [1.165, 1.54) is 25.7 Å². The summed E-state index contributed by atoms with van der Waals surface area (Å²) in [4.78, 5) is 17.2. The zero-order chi connectivity index (χ0) is 24.8. The first-order chi connectivity index (χ1) is 16.9. The van der Waals surface area contributed by atoms with E-state index in [0.717, 1.165) is 43.4 Å². The summed E-state index contributed by atoms with van der Waals surface area (Å²) in [6, 6.07) is 14.1. The van der Waals surface area contributed by atoms with Crippen LogP contribution in [-0.2, 0) is 16.6 Å². The smallest absolute Gasteiger partial charge is 0.270 e. The minimum absolute atomic E-state index is 0.229. The van der Waals surface area contributed by atoms with Gasteiger partial charge in [-0.05, 0) is 55.2 Å². The molecule has 0 saturated carbocycles. The molecule has 1 aliphatic heterocycles. The van der Waals surface area contributed by atoms with Gasteiger partial charge in [-0.3, -0.25) is 14.8 Å². The summed E-state index contributed by atoms with van der Waals surface area (Å²) in [5.74, 6) is 1.22. The van der Waals surface area contributed by atoms with E-state index in [0.29, 0.717) is 12.3 Å². The lowest BCUT2D eigenvalue weighted by atomic mass is 10.1. The quantitative estimate of drug-likeness (QED) is 0.329. The highest BCUT2D eigenvalue weighted by Gasteiger charge is 2.24. The molecule has 1 aromatic heterocycles. The topological polar surface area (TPSA) is 127 Å². The first kappa shape index (κ1) is 24.3. The van der Waals surface area contributed by atoms with Gasteiger partial charge in [-0.2, -0.15) is 0 Å². The van der Waals surface area contributed by atoms with Gasteiger partial charge in [0.2, 0.25) is 0 Å². The fourth-order valence-corrected chi connectivity index (χ4v) is 5.26. The number of rotatable bonds is 9. The van der Waals surface area contributed by atoms with E-state index in [4.69, 9.17) is 4.74 Å². The zero-order valence-corrected chi connectivity index (χ0v) is 20.1. The number of nitrogens with zero attached hydrogens (tertiary/aromatic N) is 3. The van der Waals surface area contributed by atoms with E-state index < -0.39 is 14.9 Å². The molecule has 4 rings (SSSR count). The highest BCUT2D eigenvalue weighted by Crippen LogP contribution is 2.31. The molecule has 0 amide bonds. The summed E-state index contributed by atoms with van der Waals surface area (Å²) in [5, 5.41) is 14.5. The van der Waals surface area contributed by atoms with Crippen molar-refractivity contribution in [3.8, 4) is 5.75 Å². The molecule has 0 spiro atoms. The number of piperidine rings is 1. The predicted octanol–water partition coefficient (Wildman–Crippen LogP) is 4.40. The number of para-hydroxylation sites is 2. The fraction of sp³-hybridized carbons (Fsp3) is 0.292. The Labute approximate surface area is 204 Å². The molecule has 184 valence electrons. The Hall–Kier alpha value is -3.86. The minimum Gasteiger partial charge on any atom is -0.495 e. The number of aromatic nitrogens is 1. The average molecular weight is 498 g/mol. The number of nitro groups is 1. The van der Waals surface area contributed by atoms with Gasteiger partial charge in [-0.15, -0.1) is 0 Å². The Kier molecular flexibility index (Phi) is 7.35. The fourth-order valence-electron chi connectivity index (χ4n) is 3.99. The molecule has 2 heterocycles. The van der Waals surface area contributed by atoms with E-state index in [2.05, 4.69) is 19.9 Å².